The minimum absolute atomic E-state index is 0.0697. The van der Waals surface area contributed by atoms with Crippen LogP contribution in [0, 0.1) is 26.6 Å². The van der Waals surface area contributed by atoms with Gasteiger partial charge in [-0.15, -0.1) is 11.3 Å². The Labute approximate surface area is 219 Å². The first-order valence-corrected chi connectivity index (χ1v) is 13.8. The van der Waals surface area contributed by atoms with E-state index in [1.165, 1.54) is 39.8 Å². The van der Waals surface area contributed by atoms with Gasteiger partial charge in [0.15, 0.2) is 5.16 Å². The van der Waals surface area contributed by atoms with Gasteiger partial charge >= 0.3 is 0 Å². The first-order valence-electron chi connectivity index (χ1n) is 11.2. The van der Waals surface area contributed by atoms with Crippen LogP contribution < -0.4 is 10.9 Å². The Balaban J connectivity index is 1.72. The molecule has 0 aliphatic carbocycles. The van der Waals surface area contributed by atoms with Crippen LogP contribution in [0.2, 0.25) is 0 Å². The number of hydrogen-bond donors (Lipinski definition) is 1. The fourth-order valence-electron chi connectivity index (χ4n) is 4.00. The van der Waals surface area contributed by atoms with E-state index in [2.05, 4.69) is 28.2 Å². The molecule has 2 heterocycles. The normalized spacial score (nSPS) is 11.3. The number of fused-ring (bicyclic) bond motifs is 1. The second kappa shape index (κ2) is 10.6. The van der Waals surface area contributed by atoms with Crippen molar-refractivity contribution in [2.45, 2.75) is 45.7 Å². The van der Waals surface area contributed by atoms with Crippen molar-refractivity contribution >= 4 is 60.8 Å². The number of amides is 1. The number of hydrogen-bond acceptors (Lipinski definition) is 5. The molecule has 0 radical (unpaired) electrons. The summed E-state index contributed by atoms with van der Waals surface area (Å²) in [5, 5.41) is 3.96. The lowest BCUT2D eigenvalue weighted by Gasteiger charge is -2.14. The molecule has 0 unspecified atom stereocenters. The van der Waals surface area contributed by atoms with E-state index in [1.807, 2.05) is 32.9 Å². The van der Waals surface area contributed by atoms with Gasteiger partial charge < -0.3 is 5.32 Å². The van der Waals surface area contributed by atoms with Gasteiger partial charge in [0.25, 0.3) is 5.56 Å². The number of aromatic nitrogens is 2. The quantitative estimate of drug-likeness (QED) is 0.192. The van der Waals surface area contributed by atoms with Crippen LogP contribution >= 0.6 is 39.0 Å². The lowest BCUT2D eigenvalue weighted by atomic mass is 10.1. The molecule has 182 valence electrons. The lowest BCUT2D eigenvalue weighted by molar-refractivity contribution is -0.113. The maximum Gasteiger partial charge on any atom is 0.267 e. The van der Waals surface area contributed by atoms with E-state index in [1.54, 1.807) is 12.1 Å². The Bertz CT molecular complexity index is 1460. The summed E-state index contributed by atoms with van der Waals surface area (Å²) in [6.45, 7) is 7.93. The Morgan fingerprint density at radius 3 is 2.46 bits per heavy atom. The summed E-state index contributed by atoms with van der Waals surface area (Å²) in [5.41, 5.74) is 3.93. The number of thiophene rings is 1. The summed E-state index contributed by atoms with van der Waals surface area (Å²) >= 11 is 6.18. The molecule has 0 fully saturated rings. The fourth-order valence-corrected chi connectivity index (χ4v) is 6.82. The maximum atomic E-state index is 13.6. The molecule has 2 aromatic carbocycles. The van der Waals surface area contributed by atoms with Crippen molar-refractivity contribution in [3.63, 3.8) is 0 Å². The molecule has 4 aromatic rings. The third-order valence-electron chi connectivity index (χ3n) is 5.69. The molecule has 4 rings (SSSR count). The molecule has 1 N–H and O–H groups in total. The molecule has 9 heteroatoms. The predicted octanol–water partition coefficient (Wildman–Crippen LogP) is 6.96. The minimum Gasteiger partial charge on any atom is -0.325 e. The number of carbonyl (C=O) groups excluding carboxylic acids is 1. The Hall–Kier alpha value is -2.49. The van der Waals surface area contributed by atoms with Crippen LogP contribution in [0.15, 0.2) is 50.8 Å². The SMILES string of the molecule is CCCc1sc2nc(SCC(=O)Nc3c(C)cc(Br)cc3C)n(-c3ccc(F)cc3)c(=O)c2c1C. The van der Waals surface area contributed by atoms with Gasteiger partial charge in [-0.05, 0) is 80.3 Å². The molecule has 0 spiro atoms. The Morgan fingerprint density at radius 1 is 1.17 bits per heavy atom. The van der Waals surface area contributed by atoms with Gasteiger partial charge in [0.2, 0.25) is 5.91 Å². The zero-order chi connectivity index (χ0) is 25.3. The number of anilines is 1. The molecule has 0 atom stereocenters. The van der Waals surface area contributed by atoms with E-state index in [0.717, 1.165) is 44.6 Å². The van der Waals surface area contributed by atoms with E-state index in [-0.39, 0.29) is 23.0 Å². The van der Waals surface area contributed by atoms with Gasteiger partial charge in [-0.2, -0.15) is 0 Å². The topological polar surface area (TPSA) is 64.0 Å². The average Bonchev–Trinajstić information content (AvgIpc) is 3.11. The van der Waals surface area contributed by atoms with Crippen molar-refractivity contribution in [3.05, 3.63) is 78.6 Å². The number of nitrogens with zero attached hydrogens (tertiary/aromatic N) is 2. The number of benzene rings is 2. The zero-order valence-electron chi connectivity index (χ0n) is 19.9. The minimum atomic E-state index is -0.387. The van der Waals surface area contributed by atoms with E-state index in [4.69, 9.17) is 4.98 Å². The van der Waals surface area contributed by atoms with E-state index in [0.29, 0.717) is 21.1 Å². The molecule has 0 aliphatic rings. The summed E-state index contributed by atoms with van der Waals surface area (Å²) in [7, 11) is 0. The highest BCUT2D eigenvalue weighted by Crippen LogP contribution is 2.31. The van der Waals surface area contributed by atoms with E-state index < -0.39 is 0 Å². The summed E-state index contributed by atoms with van der Waals surface area (Å²) in [4.78, 5) is 33.1. The summed E-state index contributed by atoms with van der Waals surface area (Å²) < 4.78 is 16.0. The number of carbonyl (C=O) groups is 1. The average molecular weight is 575 g/mol. The summed E-state index contributed by atoms with van der Waals surface area (Å²) in [5.74, 6) is -0.514. The zero-order valence-corrected chi connectivity index (χ0v) is 23.1. The second-order valence-corrected chi connectivity index (χ2v) is 11.3. The Morgan fingerprint density at radius 2 is 1.83 bits per heavy atom. The summed E-state index contributed by atoms with van der Waals surface area (Å²) in [6, 6.07) is 9.63. The third kappa shape index (κ3) is 5.37. The second-order valence-electron chi connectivity index (χ2n) is 8.34. The van der Waals surface area contributed by atoms with Crippen LogP contribution in [0.4, 0.5) is 10.1 Å². The van der Waals surface area contributed by atoms with Crippen molar-refractivity contribution in [1.29, 1.82) is 0 Å². The number of rotatable bonds is 7. The molecule has 0 aliphatic heterocycles. The first kappa shape index (κ1) is 25.6. The Kier molecular flexibility index (Phi) is 7.78. The molecule has 35 heavy (non-hydrogen) atoms. The van der Waals surface area contributed by atoms with Crippen LogP contribution in [0.1, 0.15) is 34.9 Å². The lowest BCUT2D eigenvalue weighted by Crippen LogP contribution is -2.23. The van der Waals surface area contributed by atoms with Crippen molar-refractivity contribution in [2.75, 3.05) is 11.1 Å². The highest BCUT2D eigenvalue weighted by atomic mass is 79.9. The van der Waals surface area contributed by atoms with Gasteiger partial charge in [0, 0.05) is 15.0 Å². The van der Waals surface area contributed by atoms with Gasteiger partial charge in [0.05, 0.1) is 16.8 Å². The van der Waals surface area contributed by atoms with Crippen molar-refractivity contribution in [1.82, 2.24) is 9.55 Å². The molecule has 0 bridgehead atoms. The van der Waals surface area contributed by atoms with Gasteiger partial charge in [-0.25, -0.2) is 9.37 Å². The van der Waals surface area contributed by atoms with Crippen LogP contribution in [-0.2, 0) is 11.2 Å². The van der Waals surface area contributed by atoms with Gasteiger partial charge in [0.1, 0.15) is 10.6 Å². The van der Waals surface area contributed by atoms with Crippen LogP contribution in [0.25, 0.3) is 15.9 Å². The molecule has 5 nitrogen and oxygen atoms in total. The summed E-state index contributed by atoms with van der Waals surface area (Å²) in [6.07, 6.45) is 1.84. The molecule has 1 amide bonds. The van der Waals surface area contributed by atoms with E-state index >= 15 is 0 Å². The molecular formula is C26H25BrFN3O2S2. The van der Waals surface area contributed by atoms with Gasteiger partial charge in [-0.3, -0.25) is 14.2 Å². The molecule has 0 saturated carbocycles. The van der Waals surface area contributed by atoms with Crippen LogP contribution in [0.5, 0.6) is 0 Å². The van der Waals surface area contributed by atoms with Crippen molar-refractivity contribution in [3.8, 4) is 5.69 Å². The first-order chi connectivity index (χ1) is 16.7. The van der Waals surface area contributed by atoms with Gasteiger partial charge in [-0.1, -0.05) is 41.0 Å². The predicted molar refractivity (Wildman–Crippen MR) is 147 cm³/mol. The smallest absolute Gasteiger partial charge is 0.267 e. The largest absolute Gasteiger partial charge is 0.325 e. The van der Waals surface area contributed by atoms with Crippen LogP contribution in [0.3, 0.4) is 0 Å². The van der Waals surface area contributed by atoms with E-state index in [9.17, 15) is 14.0 Å². The molecule has 0 saturated heterocycles. The number of halogens is 2. The standard InChI is InChI=1S/C26H25BrFN3O2S2/c1-5-6-20-16(4)22-24(35-20)30-26(31(25(22)33)19-9-7-18(28)8-10-19)34-13-21(32)29-23-14(2)11-17(27)12-15(23)3/h7-12H,5-6,13H2,1-4H3,(H,29,32). The monoisotopic (exact) mass is 573 g/mol. The number of aryl methyl sites for hydroxylation is 4. The number of nitrogens with one attached hydrogen (secondary N) is 1. The van der Waals surface area contributed by atoms with Crippen LogP contribution in [-0.4, -0.2) is 21.2 Å². The number of thioether (sulfide) groups is 1. The highest BCUT2D eigenvalue weighted by Gasteiger charge is 2.20. The van der Waals surface area contributed by atoms with Crippen molar-refractivity contribution in [2.24, 2.45) is 0 Å². The molecule has 2 aromatic heterocycles. The third-order valence-corrected chi connectivity index (χ3v) is 8.33. The van der Waals surface area contributed by atoms with Crippen molar-refractivity contribution < 1.29 is 9.18 Å². The highest BCUT2D eigenvalue weighted by molar-refractivity contribution is 9.10. The molecular weight excluding hydrogens is 549 g/mol. The maximum absolute atomic E-state index is 13.6. The fraction of sp³-hybridized carbons (Fsp3) is 0.269.